The molecule has 0 aromatic rings. The molecule has 2 atom stereocenters. The Morgan fingerprint density at radius 3 is 2.69 bits per heavy atom. The van der Waals surface area contributed by atoms with Gasteiger partial charge in [-0.3, -0.25) is 4.79 Å². The van der Waals surface area contributed by atoms with Gasteiger partial charge in [-0.1, -0.05) is 0 Å². The predicted octanol–water partition coefficient (Wildman–Crippen LogP) is 0.995. The maximum Gasteiger partial charge on any atom is 0.219 e. The van der Waals surface area contributed by atoms with Crippen molar-refractivity contribution in [2.45, 2.75) is 44.7 Å². The Bertz CT molecular complexity index is 182. The van der Waals surface area contributed by atoms with Gasteiger partial charge in [-0.15, -0.1) is 0 Å². The molecule has 0 radical (unpaired) electrons. The lowest BCUT2D eigenvalue weighted by molar-refractivity contribution is -0.130. The second-order valence-corrected chi connectivity index (χ2v) is 3.94. The summed E-state index contributed by atoms with van der Waals surface area (Å²) < 4.78 is 0. The minimum Gasteiger partial charge on any atom is -0.343 e. The minimum absolute atomic E-state index is 0.182. The van der Waals surface area contributed by atoms with Crippen molar-refractivity contribution in [3.63, 3.8) is 0 Å². The van der Waals surface area contributed by atoms with Crippen molar-refractivity contribution >= 4 is 5.91 Å². The van der Waals surface area contributed by atoms with E-state index in [1.165, 1.54) is 12.8 Å². The zero-order valence-corrected chi connectivity index (χ0v) is 8.84. The van der Waals surface area contributed by atoms with Gasteiger partial charge in [0.1, 0.15) is 0 Å². The molecule has 0 bridgehead atoms. The van der Waals surface area contributed by atoms with E-state index < -0.39 is 0 Å². The lowest BCUT2D eigenvalue weighted by Gasteiger charge is -2.34. The zero-order valence-electron chi connectivity index (χ0n) is 8.84. The van der Waals surface area contributed by atoms with Crippen LogP contribution >= 0.6 is 0 Å². The molecule has 1 rings (SSSR count). The summed E-state index contributed by atoms with van der Waals surface area (Å²) in [6.45, 7) is 1.64. The fourth-order valence-corrected chi connectivity index (χ4v) is 2.04. The van der Waals surface area contributed by atoms with Crippen molar-refractivity contribution in [3.8, 4) is 0 Å². The summed E-state index contributed by atoms with van der Waals surface area (Å²) in [4.78, 5) is 13.0. The van der Waals surface area contributed by atoms with E-state index >= 15 is 0 Å². The minimum atomic E-state index is 0.182. The molecular formula is C10H20N2O. The lowest BCUT2D eigenvalue weighted by atomic mass is 9.90. The van der Waals surface area contributed by atoms with Gasteiger partial charge in [-0.25, -0.2) is 0 Å². The Kier molecular flexibility index (Phi) is 3.72. The van der Waals surface area contributed by atoms with Crippen molar-refractivity contribution in [1.29, 1.82) is 0 Å². The molecule has 0 aromatic heterocycles. The van der Waals surface area contributed by atoms with E-state index in [9.17, 15) is 4.79 Å². The number of nitrogens with one attached hydrogen (secondary N) is 1. The molecular weight excluding hydrogens is 164 g/mol. The van der Waals surface area contributed by atoms with Crippen LogP contribution in [-0.4, -0.2) is 37.0 Å². The van der Waals surface area contributed by atoms with E-state index in [4.69, 9.17) is 0 Å². The Hall–Kier alpha value is -0.570. The lowest BCUT2D eigenvalue weighted by Crippen LogP contribution is -2.43. The van der Waals surface area contributed by atoms with Gasteiger partial charge >= 0.3 is 0 Å². The van der Waals surface area contributed by atoms with E-state index in [1.54, 1.807) is 6.92 Å². The first-order valence-corrected chi connectivity index (χ1v) is 5.05. The molecule has 1 amide bonds. The van der Waals surface area contributed by atoms with Crippen molar-refractivity contribution in [2.75, 3.05) is 14.1 Å². The number of carbonyl (C=O) groups is 1. The molecule has 1 aliphatic rings. The third-order valence-corrected chi connectivity index (χ3v) is 3.10. The average Bonchev–Trinajstić information content (AvgIpc) is 2.16. The summed E-state index contributed by atoms with van der Waals surface area (Å²) in [7, 11) is 3.91. The Morgan fingerprint density at radius 2 is 2.15 bits per heavy atom. The zero-order chi connectivity index (χ0) is 9.84. The predicted molar refractivity (Wildman–Crippen MR) is 53.5 cm³/mol. The SMILES string of the molecule is CNC1CCCC(N(C)C(C)=O)C1. The molecule has 0 aromatic carbocycles. The first-order valence-electron chi connectivity index (χ1n) is 5.05. The van der Waals surface area contributed by atoms with Gasteiger partial charge in [0.2, 0.25) is 5.91 Å². The first-order chi connectivity index (χ1) is 6.15. The summed E-state index contributed by atoms with van der Waals surface area (Å²) >= 11 is 0. The van der Waals surface area contributed by atoms with Crippen molar-refractivity contribution in [2.24, 2.45) is 0 Å². The normalized spacial score (nSPS) is 28.5. The van der Waals surface area contributed by atoms with Crippen LogP contribution < -0.4 is 5.32 Å². The summed E-state index contributed by atoms with van der Waals surface area (Å²) in [5, 5.41) is 3.29. The fraction of sp³-hybridized carbons (Fsp3) is 0.900. The molecule has 0 heterocycles. The van der Waals surface area contributed by atoms with E-state index in [-0.39, 0.29) is 5.91 Å². The highest BCUT2D eigenvalue weighted by atomic mass is 16.2. The Labute approximate surface area is 80.5 Å². The topological polar surface area (TPSA) is 32.3 Å². The van der Waals surface area contributed by atoms with Crippen LogP contribution in [0.15, 0.2) is 0 Å². The summed E-state index contributed by atoms with van der Waals surface area (Å²) in [5.41, 5.74) is 0. The largest absolute Gasteiger partial charge is 0.343 e. The van der Waals surface area contributed by atoms with Crippen LogP contribution in [0.1, 0.15) is 32.6 Å². The molecule has 1 aliphatic carbocycles. The van der Waals surface area contributed by atoms with Gasteiger partial charge in [0.05, 0.1) is 0 Å². The molecule has 1 fully saturated rings. The molecule has 0 spiro atoms. The van der Waals surface area contributed by atoms with Crippen molar-refractivity contribution < 1.29 is 4.79 Å². The highest BCUT2D eigenvalue weighted by Crippen LogP contribution is 2.22. The first kappa shape index (κ1) is 10.5. The van der Waals surface area contributed by atoms with Crippen LogP contribution in [-0.2, 0) is 4.79 Å². The maximum absolute atomic E-state index is 11.1. The number of hydrogen-bond donors (Lipinski definition) is 1. The molecule has 0 saturated heterocycles. The third kappa shape index (κ3) is 2.69. The average molecular weight is 184 g/mol. The molecule has 3 nitrogen and oxygen atoms in total. The number of amides is 1. The van der Waals surface area contributed by atoms with Gasteiger partial charge in [-0.05, 0) is 32.7 Å². The molecule has 13 heavy (non-hydrogen) atoms. The van der Waals surface area contributed by atoms with Crippen LogP contribution in [0, 0.1) is 0 Å². The number of nitrogens with zero attached hydrogens (tertiary/aromatic N) is 1. The van der Waals surface area contributed by atoms with E-state index in [0.29, 0.717) is 12.1 Å². The quantitative estimate of drug-likeness (QED) is 0.694. The Balaban J connectivity index is 2.46. The summed E-state index contributed by atoms with van der Waals surface area (Å²) in [6, 6.07) is 1.05. The molecule has 1 saturated carbocycles. The second-order valence-electron chi connectivity index (χ2n) is 3.94. The second kappa shape index (κ2) is 4.61. The van der Waals surface area contributed by atoms with E-state index in [0.717, 1.165) is 12.8 Å². The summed E-state index contributed by atoms with van der Waals surface area (Å²) in [5.74, 6) is 0.182. The van der Waals surface area contributed by atoms with Crippen molar-refractivity contribution in [1.82, 2.24) is 10.2 Å². The fourth-order valence-electron chi connectivity index (χ4n) is 2.04. The van der Waals surface area contributed by atoms with Gasteiger partial charge in [0.25, 0.3) is 0 Å². The molecule has 76 valence electrons. The molecule has 3 heteroatoms. The van der Waals surface area contributed by atoms with Crippen LogP contribution in [0.5, 0.6) is 0 Å². The Morgan fingerprint density at radius 1 is 1.46 bits per heavy atom. The smallest absolute Gasteiger partial charge is 0.219 e. The summed E-state index contributed by atoms with van der Waals surface area (Å²) in [6.07, 6.45) is 4.74. The highest BCUT2D eigenvalue weighted by molar-refractivity contribution is 5.73. The third-order valence-electron chi connectivity index (χ3n) is 3.10. The van der Waals surface area contributed by atoms with Crippen LogP contribution in [0.3, 0.4) is 0 Å². The van der Waals surface area contributed by atoms with Crippen molar-refractivity contribution in [3.05, 3.63) is 0 Å². The highest BCUT2D eigenvalue weighted by Gasteiger charge is 2.24. The van der Waals surface area contributed by atoms with Gasteiger partial charge in [-0.2, -0.15) is 0 Å². The monoisotopic (exact) mass is 184 g/mol. The van der Waals surface area contributed by atoms with Gasteiger partial charge in [0.15, 0.2) is 0 Å². The van der Waals surface area contributed by atoms with Gasteiger partial charge < -0.3 is 10.2 Å². The molecule has 2 unspecified atom stereocenters. The number of carbonyl (C=O) groups excluding carboxylic acids is 1. The molecule has 0 aliphatic heterocycles. The van der Waals surface area contributed by atoms with E-state index in [1.807, 2.05) is 19.0 Å². The van der Waals surface area contributed by atoms with Gasteiger partial charge in [0, 0.05) is 26.1 Å². The molecule has 1 N–H and O–H groups in total. The van der Waals surface area contributed by atoms with Crippen LogP contribution in [0.25, 0.3) is 0 Å². The standard InChI is InChI=1S/C10H20N2O/c1-8(13)12(3)10-6-4-5-9(7-10)11-2/h9-11H,4-7H2,1-3H3. The maximum atomic E-state index is 11.1. The van der Waals surface area contributed by atoms with Crippen LogP contribution in [0.4, 0.5) is 0 Å². The van der Waals surface area contributed by atoms with Crippen LogP contribution in [0.2, 0.25) is 0 Å². The van der Waals surface area contributed by atoms with E-state index in [2.05, 4.69) is 5.32 Å². The number of hydrogen-bond acceptors (Lipinski definition) is 2. The number of rotatable bonds is 2.